The lowest BCUT2D eigenvalue weighted by molar-refractivity contribution is -0.126. The fourth-order valence-electron chi connectivity index (χ4n) is 3.11. The molecule has 1 aliphatic rings. The van der Waals surface area contributed by atoms with Gasteiger partial charge in [0.15, 0.2) is 6.10 Å². The van der Waals surface area contributed by atoms with Crippen LogP contribution >= 0.6 is 0 Å². The fraction of sp³-hybridized carbons (Fsp3) is 0.300. The molecule has 0 spiro atoms. The maximum atomic E-state index is 12.8. The van der Waals surface area contributed by atoms with Crippen molar-refractivity contribution in [3.63, 3.8) is 0 Å². The minimum atomic E-state index is -0.928. The molecule has 136 valence electrons. The van der Waals surface area contributed by atoms with Gasteiger partial charge in [0.1, 0.15) is 17.1 Å². The van der Waals surface area contributed by atoms with Gasteiger partial charge in [-0.15, -0.1) is 0 Å². The molecule has 0 saturated carbocycles. The molecule has 1 aliphatic heterocycles. The van der Waals surface area contributed by atoms with Gasteiger partial charge in [-0.1, -0.05) is 24.3 Å². The molecule has 6 nitrogen and oxygen atoms in total. The highest BCUT2D eigenvalue weighted by Crippen LogP contribution is 2.31. The van der Waals surface area contributed by atoms with Gasteiger partial charge in [0.25, 0.3) is 5.91 Å². The molecule has 0 bridgehead atoms. The maximum Gasteiger partial charge on any atom is 0.346 e. The molecule has 1 amide bonds. The second kappa shape index (κ2) is 7.47. The zero-order chi connectivity index (χ0) is 18.7. The third-order valence-corrected chi connectivity index (χ3v) is 4.42. The van der Waals surface area contributed by atoms with Gasteiger partial charge in [-0.3, -0.25) is 4.79 Å². The van der Waals surface area contributed by atoms with E-state index in [4.69, 9.17) is 14.2 Å². The zero-order valence-corrected chi connectivity index (χ0v) is 15.0. The van der Waals surface area contributed by atoms with E-state index in [1.165, 1.54) is 14.2 Å². The minimum absolute atomic E-state index is 0.166. The van der Waals surface area contributed by atoms with Crippen molar-refractivity contribution in [2.75, 3.05) is 25.7 Å². The van der Waals surface area contributed by atoms with Crippen molar-refractivity contribution in [2.24, 2.45) is 0 Å². The summed E-state index contributed by atoms with van der Waals surface area (Å²) in [5.74, 6) is -0.245. The van der Waals surface area contributed by atoms with Crippen LogP contribution in [0.5, 0.6) is 11.5 Å². The smallest absolute Gasteiger partial charge is 0.346 e. The van der Waals surface area contributed by atoms with Crippen LogP contribution in [0.4, 0.5) is 5.69 Å². The summed E-state index contributed by atoms with van der Waals surface area (Å²) in [7, 11) is 2.92. The van der Waals surface area contributed by atoms with E-state index in [1.807, 2.05) is 24.3 Å². The number of rotatable bonds is 5. The Kier molecular flexibility index (Phi) is 5.11. The van der Waals surface area contributed by atoms with E-state index in [2.05, 4.69) is 0 Å². The number of para-hydroxylation sites is 1. The van der Waals surface area contributed by atoms with Crippen LogP contribution in [-0.4, -0.2) is 38.7 Å². The average molecular weight is 355 g/mol. The van der Waals surface area contributed by atoms with Crippen molar-refractivity contribution in [1.82, 2.24) is 0 Å². The number of amides is 1. The lowest BCUT2D eigenvalue weighted by atomic mass is 10.1. The van der Waals surface area contributed by atoms with Crippen LogP contribution in [0.25, 0.3) is 0 Å². The SMILES string of the molecule is COc1cccc(OC)c1C(=O)O[C@H](C)C(=O)N1CCc2ccccc21. The predicted molar refractivity (Wildman–Crippen MR) is 96.9 cm³/mol. The molecule has 1 heterocycles. The second-order valence-electron chi connectivity index (χ2n) is 5.95. The topological polar surface area (TPSA) is 65.1 Å². The van der Waals surface area contributed by atoms with Crippen LogP contribution in [-0.2, 0) is 16.0 Å². The fourth-order valence-corrected chi connectivity index (χ4v) is 3.11. The van der Waals surface area contributed by atoms with Gasteiger partial charge < -0.3 is 19.1 Å². The summed E-state index contributed by atoms with van der Waals surface area (Å²) in [4.78, 5) is 27.1. The molecule has 1 atom stereocenters. The Labute approximate surface area is 152 Å². The summed E-state index contributed by atoms with van der Waals surface area (Å²) >= 11 is 0. The van der Waals surface area contributed by atoms with Crippen molar-refractivity contribution >= 4 is 17.6 Å². The molecule has 26 heavy (non-hydrogen) atoms. The third-order valence-electron chi connectivity index (χ3n) is 4.42. The van der Waals surface area contributed by atoms with Gasteiger partial charge in [0.05, 0.1) is 14.2 Å². The van der Waals surface area contributed by atoms with E-state index < -0.39 is 12.1 Å². The number of carbonyl (C=O) groups excluding carboxylic acids is 2. The third kappa shape index (κ3) is 3.22. The van der Waals surface area contributed by atoms with Gasteiger partial charge in [-0.05, 0) is 37.1 Å². The number of esters is 1. The number of hydrogen-bond acceptors (Lipinski definition) is 5. The highest BCUT2D eigenvalue weighted by Gasteiger charge is 2.31. The standard InChI is InChI=1S/C20H21NO5/c1-13(19(22)21-12-11-14-7-4-5-8-15(14)21)26-20(23)18-16(24-2)9-6-10-17(18)25-3/h4-10,13H,11-12H2,1-3H3/t13-/m1/s1. The first-order valence-corrected chi connectivity index (χ1v) is 8.38. The molecule has 0 unspecified atom stereocenters. The van der Waals surface area contributed by atoms with E-state index in [-0.39, 0.29) is 11.5 Å². The molecule has 0 N–H and O–H groups in total. The van der Waals surface area contributed by atoms with E-state index in [0.29, 0.717) is 18.0 Å². The summed E-state index contributed by atoms with van der Waals surface area (Å²) in [5.41, 5.74) is 2.15. The van der Waals surface area contributed by atoms with Crippen LogP contribution < -0.4 is 14.4 Å². The van der Waals surface area contributed by atoms with Crippen LogP contribution in [0.15, 0.2) is 42.5 Å². The summed E-state index contributed by atoms with van der Waals surface area (Å²) < 4.78 is 15.9. The highest BCUT2D eigenvalue weighted by molar-refractivity contribution is 6.01. The van der Waals surface area contributed by atoms with Crippen LogP contribution in [0, 0.1) is 0 Å². The number of methoxy groups -OCH3 is 2. The first kappa shape index (κ1) is 17.8. The highest BCUT2D eigenvalue weighted by atomic mass is 16.6. The van der Waals surface area contributed by atoms with E-state index in [1.54, 1.807) is 30.0 Å². The number of ether oxygens (including phenoxy) is 3. The van der Waals surface area contributed by atoms with Gasteiger partial charge >= 0.3 is 5.97 Å². The quantitative estimate of drug-likeness (QED) is 0.772. The Morgan fingerprint density at radius 1 is 1.00 bits per heavy atom. The number of fused-ring (bicyclic) bond motifs is 1. The lowest BCUT2D eigenvalue weighted by Crippen LogP contribution is -2.39. The maximum absolute atomic E-state index is 12.8. The number of benzene rings is 2. The largest absolute Gasteiger partial charge is 0.496 e. The molecule has 3 rings (SSSR count). The molecule has 6 heteroatoms. The van der Waals surface area contributed by atoms with E-state index in [0.717, 1.165) is 17.7 Å². The molecule has 0 aromatic heterocycles. The average Bonchev–Trinajstić information content (AvgIpc) is 3.10. The Hall–Kier alpha value is -3.02. The first-order valence-electron chi connectivity index (χ1n) is 8.38. The van der Waals surface area contributed by atoms with E-state index in [9.17, 15) is 9.59 Å². The zero-order valence-electron chi connectivity index (χ0n) is 15.0. The predicted octanol–water partition coefficient (Wildman–Crippen LogP) is 2.84. The number of carbonyl (C=O) groups is 2. The van der Waals surface area contributed by atoms with Crippen molar-refractivity contribution in [3.8, 4) is 11.5 Å². The molecule has 2 aromatic carbocycles. The Bertz CT molecular complexity index is 810. The van der Waals surface area contributed by atoms with Gasteiger partial charge in [0, 0.05) is 12.2 Å². The second-order valence-corrected chi connectivity index (χ2v) is 5.95. The van der Waals surface area contributed by atoms with Crippen molar-refractivity contribution in [2.45, 2.75) is 19.4 Å². The molecule has 2 aromatic rings. The molecule has 0 fully saturated rings. The van der Waals surface area contributed by atoms with Gasteiger partial charge in [-0.2, -0.15) is 0 Å². The van der Waals surface area contributed by atoms with Crippen LogP contribution in [0.2, 0.25) is 0 Å². The number of anilines is 1. The van der Waals surface area contributed by atoms with Crippen molar-refractivity contribution < 1.29 is 23.8 Å². The summed E-state index contributed by atoms with van der Waals surface area (Å²) in [5, 5.41) is 0. The van der Waals surface area contributed by atoms with Gasteiger partial charge in [0.2, 0.25) is 0 Å². The van der Waals surface area contributed by atoms with Crippen LogP contribution in [0.1, 0.15) is 22.8 Å². The van der Waals surface area contributed by atoms with E-state index >= 15 is 0 Å². The molecular formula is C20H21NO5. The van der Waals surface area contributed by atoms with Gasteiger partial charge in [-0.25, -0.2) is 4.79 Å². The molecule has 0 saturated heterocycles. The lowest BCUT2D eigenvalue weighted by Gasteiger charge is -2.22. The Balaban J connectivity index is 1.78. The normalized spacial score (nSPS) is 13.7. The minimum Gasteiger partial charge on any atom is -0.496 e. The summed E-state index contributed by atoms with van der Waals surface area (Å²) in [6.07, 6.45) is -0.133. The Morgan fingerprint density at radius 2 is 1.65 bits per heavy atom. The number of nitrogens with zero attached hydrogens (tertiary/aromatic N) is 1. The van der Waals surface area contributed by atoms with Crippen LogP contribution in [0.3, 0.4) is 0 Å². The number of hydrogen-bond donors (Lipinski definition) is 0. The summed E-state index contributed by atoms with van der Waals surface area (Å²) in [6.45, 7) is 2.15. The monoisotopic (exact) mass is 355 g/mol. The van der Waals surface area contributed by atoms with Crippen molar-refractivity contribution in [3.05, 3.63) is 53.6 Å². The molecule has 0 aliphatic carbocycles. The first-order chi connectivity index (χ1) is 12.6. The molecule has 0 radical (unpaired) electrons. The van der Waals surface area contributed by atoms with Crippen molar-refractivity contribution in [1.29, 1.82) is 0 Å². The molecular weight excluding hydrogens is 334 g/mol. The summed E-state index contributed by atoms with van der Waals surface area (Å²) in [6, 6.07) is 12.7. The Morgan fingerprint density at radius 3 is 2.31 bits per heavy atom.